The van der Waals surface area contributed by atoms with Crippen molar-refractivity contribution in [3.63, 3.8) is 0 Å². The highest BCUT2D eigenvalue weighted by atomic mass is 79.9. The molecule has 21 heavy (non-hydrogen) atoms. The molecule has 2 aromatic carbocycles. The van der Waals surface area contributed by atoms with Gasteiger partial charge in [-0.05, 0) is 45.8 Å². The number of hydrogen-bond acceptors (Lipinski definition) is 2. The molecule has 0 amide bonds. The predicted octanol–water partition coefficient (Wildman–Crippen LogP) is 4.37. The van der Waals surface area contributed by atoms with E-state index < -0.39 is 5.82 Å². The van der Waals surface area contributed by atoms with Crippen LogP contribution >= 0.6 is 15.9 Å². The molecule has 3 nitrogen and oxygen atoms in total. The molecule has 106 valence electrons. The van der Waals surface area contributed by atoms with Crippen LogP contribution in [0, 0.1) is 11.6 Å². The second-order valence-corrected chi connectivity index (χ2v) is 5.35. The number of aromatic nitrogens is 2. The summed E-state index contributed by atoms with van der Waals surface area (Å²) in [6.07, 6.45) is 0. The summed E-state index contributed by atoms with van der Waals surface area (Å²) in [6, 6.07) is 10.7. The Bertz CT molecular complexity index is 814. The molecule has 0 unspecified atom stereocenters. The molecule has 0 bridgehead atoms. The molecule has 0 aliphatic heterocycles. The number of hydrogen-bond donors (Lipinski definition) is 2. The highest BCUT2D eigenvalue weighted by molar-refractivity contribution is 9.10. The van der Waals surface area contributed by atoms with Crippen LogP contribution in [0.1, 0.15) is 0 Å². The van der Waals surface area contributed by atoms with Gasteiger partial charge in [-0.3, -0.25) is 5.10 Å². The predicted molar refractivity (Wildman–Crippen MR) is 81.5 cm³/mol. The third-order valence-corrected chi connectivity index (χ3v) is 3.76. The SMILES string of the molecule is Nc1n[nH]c(-c2ccc(Br)c(F)c2)c1-c1cccc(F)c1. The van der Waals surface area contributed by atoms with Crippen LogP contribution in [0.2, 0.25) is 0 Å². The maximum absolute atomic E-state index is 13.7. The topological polar surface area (TPSA) is 54.7 Å². The van der Waals surface area contributed by atoms with E-state index >= 15 is 0 Å². The number of rotatable bonds is 2. The van der Waals surface area contributed by atoms with Gasteiger partial charge in [0.1, 0.15) is 11.6 Å². The third-order valence-electron chi connectivity index (χ3n) is 3.12. The Hall–Kier alpha value is -2.21. The first kappa shape index (κ1) is 13.8. The lowest BCUT2D eigenvalue weighted by Crippen LogP contribution is -1.90. The van der Waals surface area contributed by atoms with E-state index in [4.69, 9.17) is 5.73 Å². The van der Waals surface area contributed by atoms with E-state index in [2.05, 4.69) is 26.1 Å². The Morgan fingerprint density at radius 1 is 1.05 bits per heavy atom. The van der Waals surface area contributed by atoms with Crippen LogP contribution in [0.25, 0.3) is 22.4 Å². The molecule has 6 heteroatoms. The van der Waals surface area contributed by atoms with Crippen LogP contribution < -0.4 is 5.73 Å². The Kier molecular flexibility index (Phi) is 3.47. The van der Waals surface area contributed by atoms with Crippen LogP contribution in [0.3, 0.4) is 0 Å². The second kappa shape index (κ2) is 5.29. The van der Waals surface area contributed by atoms with Crippen molar-refractivity contribution in [2.45, 2.75) is 0 Å². The van der Waals surface area contributed by atoms with Gasteiger partial charge in [0.25, 0.3) is 0 Å². The Labute approximate surface area is 127 Å². The summed E-state index contributed by atoms with van der Waals surface area (Å²) in [5.41, 5.74) is 8.12. The largest absolute Gasteiger partial charge is 0.382 e. The van der Waals surface area contributed by atoms with Crippen LogP contribution in [0.15, 0.2) is 46.9 Å². The molecule has 0 saturated heterocycles. The molecule has 3 aromatic rings. The minimum absolute atomic E-state index is 0.235. The average Bonchev–Trinajstić information content (AvgIpc) is 2.84. The Balaban J connectivity index is 2.19. The third kappa shape index (κ3) is 2.54. The van der Waals surface area contributed by atoms with Crippen molar-refractivity contribution < 1.29 is 8.78 Å². The van der Waals surface area contributed by atoms with E-state index in [1.165, 1.54) is 18.2 Å². The van der Waals surface area contributed by atoms with E-state index in [0.717, 1.165) is 0 Å². The van der Waals surface area contributed by atoms with Crippen LogP contribution in [-0.4, -0.2) is 10.2 Å². The zero-order chi connectivity index (χ0) is 15.0. The number of nitrogen functional groups attached to an aromatic ring is 1. The van der Waals surface area contributed by atoms with Gasteiger partial charge in [0.05, 0.1) is 15.7 Å². The molecule has 0 radical (unpaired) electrons. The molecule has 1 heterocycles. The smallest absolute Gasteiger partial charge is 0.153 e. The maximum atomic E-state index is 13.7. The molecule has 0 atom stereocenters. The fourth-order valence-corrected chi connectivity index (χ4v) is 2.40. The van der Waals surface area contributed by atoms with Gasteiger partial charge >= 0.3 is 0 Å². The number of aromatic amines is 1. The van der Waals surface area contributed by atoms with Gasteiger partial charge in [-0.2, -0.15) is 5.10 Å². The van der Waals surface area contributed by atoms with Gasteiger partial charge in [-0.1, -0.05) is 18.2 Å². The van der Waals surface area contributed by atoms with Crippen molar-refractivity contribution in [3.8, 4) is 22.4 Å². The summed E-state index contributed by atoms with van der Waals surface area (Å²) in [6.45, 7) is 0. The van der Waals surface area contributed by atoms with Crippen molar-refractivity contribution >= 4 is 21.7 Å². The normalized spacial score (nSPS) is 10.8. The quantitative estimate of drug-likeness (QED) is 0.721. The van der Waals surface area contributed by atoms with E-state index in [9.17, 15) is 8.78 Å². The Morgan fingerprint density at radius 2 is 1.86 bits per heavy atom. The van der Waals surface area contributed by atoms with E-state index in [1.54, 1.807) is 24.3 Å². The fraction of sp³-hybridized carbons (Fsp3) is 0. The summed E-state index contributed by atoms with van der Waals surface area (Å²) < 4.78 is 27.5. The highest BCUT2D eigenvalue weighted by Crippen LogP contribution is 2.35. The molecule has 0 aliphatic rings. The summed E-state index contributed by atoms with van der Waals surface area (Å²) in [5.74, 6) is -0.536. The lowest BCUT2D eigenvalue weighted by molar-refractivity contribution is 0.621. The van der Waals surface area contributed by atoms with E-state index in [1.807, 2.05) is 0 Å². The molecule has 3 N–H and O–H groups in total. The Morgan fingerprint density at radius 3 is 2.57 bits per heavy atom. The van der Waals surface area contributed by atoms with Crippen LogP contribution in [-0.2, 0) is 0 Å². The van der Waals surface area contributed by atoms with Crippen LogP contribution in [0.4, 0.5) is 14.6 Å². The average molecular weight is 350 g/mol. The highest BCUT2D eigenvalue weighted by Gasteiger charge is 2.16. The van der Waals surface area contributed by atoms with Gasteiger partial charge in [-0.15, -0.1) is 0 Å². The zero-order valence-corrected chi connectivity index (χ0v) is 12.3. The first-order valence-electron chi connectivity index (χ1n) is 6.11. The minimum Gasteiger partial charge on any atom is -0.382 e. The molecule has 0 aliphatic carbocycles. The molecule has 0 fully saturated rings. The zero-order valence-electron chi connectivity index (χ0n) is 10.7. The van der Waals surface area contributed by atoms with Gasteiger partial charge in [-0.25, -0.2) is 8.78 Å². The molecule has 3 rings (SSSR count). The van der Waals surface area contributed by atoms with Gasteiger partial charge in [0, 0.05) is 5.56 Å². The fourth-order valence-electron chi connectivity index (χ4n) is 2.15. The first-order chi connectivity index (χ1) is 10.1. The summed E-state index contributed by atoms with van der Waals surface area (Å²) in [4.78, 5) is 0. The lowest BCUT2D eigenvalue weighted by Gasteiger charge is -2.06. The number of nitrogens with two attached hydrogens (primary N) is 1. The van der Waals surface area contributed by atoms with Gasteiger partial charge < -0.3 is 5.73 Å². The van der Waals surface area contributed by atoms with Crippen molar-refractivity contribution in [1.29, 1.82) is 0 Å². The number of benzene rings is 2. The number of nitrogens with one attached hydrogen (secondary N) is 1. The molecule has 0 spiro atoms. The van der Waals surface area contributed by atoms with E-state index in [0.29, 0.717) is 26.9 Å². The van der Waals surface area contributed by atoms with Crippen molar-refractivity contribution in [3.05, 3.63) is 58.6 Å². The number of halogens is 3. The van der Waals surface area contributed by atoms with Gasteiger partial charge in [0.15, 0.2) is 5.82 Å². The molecular formula is C15H10BrF2N3. The van der Waals surface area contributed by atoms with Crippen molar-refractivity contribution in [1.82, 2.24) is 10.2 Å². The molecule has 1 aromatic heterocycles. The number of H-pyrrole nitrogens is 1. The van der Waals surface area contributed by atoms with E-state index in [-0.39, 0.29) is 11.6 Å². The second-order valence-electron chi connectivity index (χ2n) is 4.50. The molecular weight excluding hydrogens is 340 g/mol. The molecule has 0 saturated carbocycles. The van der Waals surface area contributed by atoms with Gasteiger partial charge in [0.2, 0.25) is 0 Å². The lowest BCUT2D eigenvalue weighted by atomic mass is 10.0. The van der Waals surface area contributed by atoms with Crippen LogP contribution in [0.5, 0.6) is 0 Å². The summed E-state index contributed by atoms with van der Waals surface area (Å²) in [7, 11) is 0. The van der Waals surface area contributed by atoms with Crippen molar-refractivity contribution in [2.75, 3.05) is 5.73 Å². The summed E-state index contributed by atoms with van der Waals surface area (Å²) >= 11 is 3.10. The monoisotopic (exact) mass is 349 g/mol. The van der Waals surface area contributed by atoms with Crippen molar-refractivity contribution in [2.24, 2.45) is 0 Å². The summed E-state index contributed by atoms with van der Waals surface area (Å²) in [5, 5.41) is 6.72. The standard InChI is InChI=1S/C15H10BrF2N3/c16-11-5-4-9(7-12(11)18)14-13(15(19)21-20-14)8-2-1-3-10(17)6-8/h1-7H,(H3,19,20,21). The minimum atomic E-state index is -0.397. The number of anilines is 1. The first-order valence-corrected chi connectivity index (χ1v) is 6.91. The number of nitrogens with zero attached hydrogens (tertiary/aromatic N) is 1. The maximum Gasteiger partial charge on any atom is 0.153 e.